The van der Waals surface area contributed by atoms with Gasteiger partial charge in [-0.05, 0) is 30.7 Å². The maximum atomic E-state index is 9.41. The van der Waals surface area contributed by atoms with Crippen LogP contribution in [0.5, 0.6) is 0 Å². The van der Waals surface area contributed by atoms with Crippen LogP contribution in [0.15, 0.2) is 36.5 Å². The maximum absolute atomic E-state index is 9.41. The Hall–Kier alpha value is -1.45. The number of fused-ring (bicyclic) bond motifs is 1. The van der Waals surface area contributed by atoms with Crippen molar-refractivity contribution in [2.24, 2.45) is 5.73 Å². The minimum absolute atomic E-state index is 0.338. The summed E-state index contributed by atoms with van der Waals surface area (Å²) in [7, 11) is 0. The predicted molar refractivity (Wildman–Crippen MR) is 60.4 cm³/mol. The van der Waals surface area contributed by atoms with Gasteiger partial charge in [-0.1, -0.05) is 12.1 Å². The van der Waals surface area contributed by atoms with Crippen molar-refractivity contribution in [3.63, 3.8) is 0 Å². The molecule has 2 atom stereocenters. The lowest BCUT2D eigenvalue weighted by Crippen LogP contribution is -2.22. The molecule has 0 aliphatic rings. The molecule has 1 aromatic heterocycles. The Balaban J connectivity index is 2.47. The van der Waals surface area contributed by atoms with Crippen LogP contribution in [0.25, 0.3) is 10.9 Å². The molecule has 0 fully saturated rings. The van der Waals surface area contributed by atoms with Gasteiger partial charge in [0.1, 0.15) is 0 Å². The minimum Gasteiger partial charge on any atom is -0.391 e. The summed E-state index contributed by atoms with van der Waals surface area (Å²) in [6.07, 6.45) is 1.22. The highest BCUT2D eigenvalue weighted by molar-refractivity contribution is 5.79. The second-order valence-electron chi connectivity index (χ2n) is 3.72. The topological polar surface area (TPSA) is 59.1 Å². The Morgan fingerprint density at radius 2 is 2.13 bits per heavy atom. The Labute approximate surface area is 88.6 Å². The lowest BCUT2D eigenvalue weighted by molar-refractivity contribution is 0.164. The number of hydrogen-bond acceptors (Lipinski definition) is 3. The van der Waals surface area contributed by atoms with Crippen LogP contribution in [0.3, 0.4) is 0 Å². The van der Waals surface area contributed by atoms with Gasteiger partial charge < -0.3 is 10.8 Å². The van der Waals surface area contributed by atoms with Gasteiger partial charge in [0.05, 0.1) is 17.7 Å². The van der Waals surface area contributed by atoms with Crippen molar-refractivity contribution in [2.45, 2.75) is 19.1 Å². The van der Waals surface area contributed by atoms with Crippen LogP contribution >= 0.6 is 0 Å². The van der Waals surface area contributed by atoms with Crippen molar-refractivity contribution in [2.75, 3.05) is 0 Å². The third-order valence-electron chi connectivity index (χ3n) is 2.53. The molecule has 0 saturated heterocycles. The summed E-state index contributed by atoms with van der Waals surface area (Å²) >= 11 is 0. The zero-order valence-electron chi connectivity index (χ0n) is 8.59. The van der Waals surface area contributed by atoms with E-state index in [0.717, 1.165) is 16.5 Å². The summed E-state index contributed by atoms with van der Waals surface area (Å²) in [4.78, 5) is 4.22. The van der Waals surface area contributed by atoms with Crippen molar-refractivity contribution in [1.29, 1.82) is 0 Å². The summed E-state index contributed by atoms with van der Waals surface area (Å²) in [5.74, 6) is 0. The predicted octanol–water partition coefficient (Wildman–Crippen LogP) is 1.62. The summed E-state index contributed by atoms with van der Waals surface area (Å²) in [6, 6.07) is 9.34. The van der Waals surface area contributed by atoms with Crippen LogP contribution in [0, 0.1) is 0 Å². The Kier molecular flexibility index (Phi) is 2.66. The van der Waals surface area contributed by atoms with Gasteiger partial charge in [-0.15, -0.1) is 0 Å². The van der Waals surface area contributed by atoms with Gasteiger partial charge >= 0.3 is 0 Å². The highest BCUT2D eigenvalue weighted by Crippen LogP contribution is 2.19. The third-order valence-corrected chi connectivity index (χ3v) is 2.53. The van der Waals surface area contributed by atoms with E-state index in [-0.39, 0.29) is 6.04 Å². The molecule has 15 heavy (non-hydrogen) atoms. The molecule has 0 aliphatic heterocycles. The van der Waals surface area contributed by atoms with E-state index in [9.17, 15) is 5.11 Å². The molecule has 0 spiro atoms. The van der Waals surface area contributed by atoms with Crippen molar-refractivity contribution >= 4 is 10.9 Å². The van der Waals surface area contributed by atoms with Crippen LogP contribution in [0.1, 0.15) is 18.5 Å². The molecule has 0 unspecified atom stereocenters. The highest BCUT2D eigenvalue weighted by Gasteiger charge is 2.11. The lowest BCUT2D eigenvalue weighted by atomic mass is 10.0. The van der Waals surface area contributed by atoms with Crippen LogP contribution in [-0.4, -0.2) is 16.2 Å². The maximum Gasteiger partial charge on any atom is 0.0704 e. The molecular formula is C12H14N2O. The number of hydrogen-bond donors (Lipinski definition) is 2. The van der Waals surface area contributed by atoms with Gasteiger partial charge in [-0.2, -0.15) is 0 Å². The molecule has 0 bridgehead atoms. The van der Waals surface area contributed by atoms with Crippen molar-refractivity contribution < 1.29 is 5.11 Å². The monoisotopic (exact) mass is 202 g/mol. The Morgan fingerprint density at radius 3 is 2.87 bits per heavy atom. The van der Waals surface area contributed by atoms with E-state index in [0.29, 0.717) is 0 Å². The molecule has 1 aromatic carbocycles. The average molecular weight is 202 g/mol. The molecule has 0 amide bonds. The van der Waals surface area contributed by atoms with Crippen LogP contribution < -0.4 is 5.73 Å². The van der Waals surface area contributed by atoms with E-state index < -0.39 is 6.10 Å². The number of nitrogens with two attached hydrogens (primary N) is 1. The summed E-state index contributed by atoms with van der Waals surface area (Å²) in [5.41, 5.74) is 7.74. The molecule has 0 aliphatic carbocycles. The van der Waals surface area contributed by atoms with Crippen LogP contribution in [0.2, 0.25) is 0 Å². The lowest BCUT2D eigenvalue weighted by Gasteiger charge is -2.15. The second kappa shape index (κ2) is 3.96. The number of nitrogens with zero attached hydrogens (tertiary/aromatic N) is 1. The van der Waals surface area contributed by atoms with Gasteiger partial charge in [0.2, 0.25) is 0 Å². The molecule has 2 rings (SSSR count). The standard InChI is InChI=1S/C12H14N2O/c1-8(15)12(13)10-4-5-11-9(7-10)3-2-6-14-11/h2-8,12,15H,13H2,1H3/t8-,12+/m0/s1. The fraction of sp³-hybridized carbons (Fsp3) is 0.250. The van der Waals surface area contributed by atoms with E-state index >= 15 is 0 Å². The average Bonchev–Trinajstić information content (AvgIpc) is 2.27. The molecule has 3 nitrogen and oxygen atoms in total. The number of benzene rings is 1. The van der Waals surface area contributed by atoms with E-state index in [2.05, 4.69) is 4.98 Å². The van der Waals surface area contributed by atoms with Gasteiger partial charge in [0.15, 0.2) is 0 Å². The molecule has 78 valence electrons. The quantitative estimate of drug-likeness (QED) is 0.778. The summed E-state index contributed by atoms with van der Waals surface area (Å²) in [5, 5.41) is 10.5. The number of aliphatic hydroxyl groups excluding tert-OH is 1. The van der Waals surface area contributed by atoms with Gasteiger partial charge in [0.25, 0.3) is 0 Å². The molecule has 0 saturated carbocycles. The van der Waals surface area contributed by atoms with Crippen LogP contribution in [-0.2, 0) is 0 Å². The van der Waals surface area contributed by atoms with Gasteiger partial charge in [-0.3, -0.25) is 4.98 Å². The summed E-state index contributed by atoms with van der Waals surface area (Å²) < 4.78 is 0. The van der Waals surface area contributed by atoms with Crippen LogP contribution in [0.4, 0.5) is 0 Å². The Morgan fingerprint density at radius 1 is 1.33 bits per heavy atom. The fourth-order valence-electron chi connectivity index (χ4n) is 1.58. The number of aliphatic hydroxyl groups is 1. The largest absolute Gasteiger partial charge is 0.391 e. The first kappa shape index (κ1) is 10.1. The molecule has 3 heteroatoms. The van der Waals surface area contributed by atoms with E-state index in [1.54, 1.807) is 13.1 Å². The van der Waals surface area contributed by atoms with Crippen molar-refractivity contribution in [3.05, 3.63) is 42.1 Å². The second-order valence-corrected chi connectivity index (χ2v) is 3.72. The zero-order chi connectivity index (χ0) is 10.8. The normalized spacial score (nSPS) is 15.1. The third kappa shape index (κ3) is 1.98. The van der Waals surface area contributed by atoms with E-state index in [1.807, 2.05) is 30.3 Å². The number of pyridine rings is 1. The highest BCUT2D eigenvalue weighted by atomic mass is 16.3. The molecule has 2 aromatic rings. The van der Waals surface area contributed by atoms with Crippen molar-refractivity contribution in [1.82, 2.24) is 4.98 Å². The fourth-order valence-corrected chi connectivity index (χ4v) is 1.58. The molecular weight excluding hydrogens is 188 g/mol. The first-order valence-corrected chi connectivity index (χ1v) is 4.97. The minimum atomic E-state index is -0.542. The number of rotatable bonds is 2. The molecule has 3 N–H and O–H groups in total. The first-order chi connectivity index (χ1) is 7.18. The SMILES string of the molecule is C[C@H](O)[C@@H](N)c1ccc2ncccc2c1. The van der Waals surface area contributed by atoms with Gasteiger partial charge in [-0.25, -0.2) is 0 Å². The van der Waals surface area contributed by atoms with Crippen molar-refractivity contribution in [3.8, 4) is 0 Å². The first-order valence-electron chi connectivity index (χ1n) is 4.97. The zero-order valence-corrected chi connectivity index (χ0v) is 8.59. The molecule has 0 radical (unpaired) electrons. The van der Waals surface area contributed by atoms with Gasteiger partial charge in [0, 0.05) is 11.6 Å². The molecule has 1 heterocycles. The smallest absolute Gasteiger partial charge is 0.0704 e. The summed E-state index contributed by atoms with van der Waals surface area (Å²) in [6.45, 7) is 1.69. The van der Waals surface area contributed by atoms with E-state index in [1.165, 1.54) is 0 Å². The van der Waals surface area contributed by atoms with E-state index in [4.69, 9.17) is 5.73 Å². The Bertz CT molecular complexity index is 468. The number of aromatic nitrogens is 1.